The molecule has 0 radical (unpaired) electrons. The van der Waals surface area contributed by atoms with E-state index < -0.39 is 0 Å². The average molecular weight is 287 g/mol. The van der Waals surface area contributed by atoms with Crippen LogP contribution in [0.15, 0.2) is 42.7 Å². The quantitative estimate of drug-likeness (QED) is 0.886. The van der Waals surface area contributed by atoms with Crippen molar-refractivity contribution < 1.29 is 9.47 Å². The third-order valence-corrected chi connectivity index (χ3v) is 3.87. The Labute approximate surface area is 124 Å². The Morgan fingerprint density at radius 3 is 3.00 bits per heavy atom. The van der Waals surface area contributed by atoms with Crippen molar-refractivity contribution in [3.05, 3.63) is 42.7 Å². The molecule has 1 heterocycles. The van der Waals surface area contributed by atoms with Gasteiger partial charge >= 0.3 is 0 Å². The first-order valence-corrected chi connectivity index (χ1v) is 7.33. The van der Waals surface area contributed by atoms with Crippen LogP contribution in [0, 0.1) is 0 Å². The first-order chi connectivity index (χ1) is 10.3. The smallest absolute Gasteiger partial charge is 0.103 e. The minimum atomic E-state index is 0.110. The summed E-state index contributed by atoms with van der Waals surface area (Å²) in [5, 5.41) is 7.78. The highest BCUT2D eigenvalue weighted by Gasteiger charge is 2.42. The number of methoxy groups -OCH3 is 1. The normalized spacial score (nSPS) is 24.6. The molecule has 1 fully saturated rings. The number of aromatic nitrogens is 2. The monoisotopic (exact) mass is 287 g/mol. The van der Waals surface area contributed by atoms with Crippen LogP contribution in [0.4, 0.5) is 5.69 Å². The minimum Gasteiger partial charge on any atom is -0.379 e. The molecule has 1 saturated carbocycles. The fourth-order valence-electron chi connectivity index (χ4n) is 2.79. The molecular formula is C16H21N3O2. The van der Waals surface area contributed by atoms with E-state index in [1.54, 1.807) is 13.3 Å². The van der Waals surface area contributed by atoms with Gasteiger partial charge in [0.1, 0.15) is 6.10 Å². The number of benzene rings is 1. The highest BCUT2D eigenvalue weighted by molar-refractivity contribution is 5.52. The van der Waals surface area contributed by atoms with Crippen molar-refractivity contribution in [3.8, 4) is 5.69 Å². The molecule has 3 unspecified atom stereocenters. The average Bonchev–Trinajstić information content (AvgIpc) is 3.01. The topological polar surface area (TPSA) is 48.3 Å². The van der Waals surface area contributed by atoms with E-state index in [0.29, 0.717) is 6.04 Å². The highest BCUT2D eigenvalue weighted by atomic mass is 16.5. The van der Waals surface area contributed by atoms with Gasteiger partial charge in [0.2, 0.25) is 0 Å². The van der Waals surface area contributed by atoms with Crippen LogP contribution in [0.1, 0.15) is 13.3 Å². The molecule has 0 aliphatic heterocycles. The molecule has 1 aliphatic carbocycles. The largest absolute Gasteiger partial charge is 0.379 e. The van der Waals surface area contributed by atoms with E-state index in [9.17, 15) is 0 Å². The molecule has 1 aromatic carbocycles. The lowest BCUT2D eigenvalue weighted by Gasteiger charge is -2.43. The zero-order valence-corrected chi connectivity index (χ0v) is 12.4. The van der Waals surface area contributed by atoms with Crippen molar-refractivity contribution in [2.24, 2.45) is 0 Å². The van der Waals surface area contributed by atoms with Crippen LogP contribution in [-0.2, 0) is 9.47 Å². The lowest BCUT2D eigenvalue weighted by Crippen LogP contribution is -2.56. The third kappa shape index (κ3) is 2.94. The zero-order valence-electron chi connectivity index (χ0n) is 12.4. The molecular weight excluding hydrogens is 266 g/mol. The number of rotatable bonds is 6. The van der Waals surface area contributed by atoms with E-state index in [1.165, 1.54) is 0 Å². The second-order valence-electron chi connectivity index (χ2n) is 5.18. The van der Waals surface area contributed by atoms with E-state index in [1.807, 2.05) is 36.0 Å². The van der Waals surface area contributed by atoms with Gasteiger partial charge in [0.25, 0.3) is 0 Å². The highest BCUT2D eigenvalue weighted by Crippen LogP contribution is 2.30. The first-order valence-electron chi connectivity index (χ1n) is 7.33. The Morgan fingerprint density at radius 1 is 1.38 bits per heavy atom. The molecule has 21 heavy (non-hydrogen) atoms. The van der Waals surface area contributed by atoms with Gasteiger partial charge < -0.3 is 14.8 Å². The standard InChI is InChI=1S/C16H21N3O2/c1-3-21-15-11-14(16(15)20-2)18-12-6-4-7-13(10-12)19-9-5-8-17-19/h4-10,14-16,18H,3,11H2,1-2H3. The Bertz CT molecular complexity index is 571. The molecule has 5 nitrogen and oxygen atoms in total. The van der Waals surface area contributed by atoms with Gasteiger partial charge in [0.15, 0.2) is 0 Å². The summed E-state index contributed by atoms with van der Waals surface area (Å²) >= 11 is 0. The van der Waals surface area contributed by atoms with E-state index >= 15 is 0 Å². The van der Waals surface area contributed by atoms with Gasteiger partial charge in [-0.25, -0.2) is 4.68 Å². The number of ether oxygens (including phenoxy) is 2. The summed E-state index contributed by atoms with van der Waals surface area (Å²) in [6, 6.07) is 10.4. The van der Waals surface area contributed by atoms with Gasteiger partial charge in [0, 0.05) is 31.8 Å². The summed E-state index contributed by atoms with van der Waals surface area (Å²) in [4.78, 5) is 0. The second-order valence-corrected chi connectivity index (χ2v) is 5.18. The molecule has 0 amide bonds. The number of nitrogens with one attached hydrogen (secondary N) is 1. The Hall–Kier alpha value is -1.85. The Kier molecular flexibility index (Phi) is 4.22. The summed E-state index contributed by atoms with van der Waals surface area (Å²) in [6.45, 7) is 2.74. The zero-order chi connectivity index (χ0) is 14.7. The van der Waals surface area contributed by atoms with E-state index in [2.05, 4.69) is 22.5 Å². The molecule has 112 valence electrons. The summed E-state index contributed by atoms with van der Waals surface area (Å²) in [5.41, 5.74) is 2.12. The predicted octanol–water partition coefficient (Wildman–Crippen LogP) is 2.48. The molecule has 0 saturated heterocycles. The van der Waals surface area contributed by atoms with Gasteiger partial charge in [-0.3, -0.25) is 0 Å². The number of nitrogens with zero attached hydrogens (tertiary/aromatic N) is 2. The van der Waals surface area contributed by atoms with Gasteiger partial charge in [-0.1, -0.05) is 6.07 Å². The molecule has 1 aromatic heterocycles. The number of hydrogen-bond donors (Lipinski definition) is 1. The summed E-state index contributed by atoms with van der Waals surface area (Å²) in [6.07, 6.45) is 4.99. The van der Waals surface area contributed by atoms with Gasteiger partial charge in [-0.2, -0.15) is 5.10 Å². The van der Waals surface area contributed by atoms with Crippen LogP contribution >= 0.6 is 0 Å². The molecule has 1 N–H and O–H groups in total. The van der Waals surface area contributed by atoms with Crippen LogP contribution in [0.2, 0.25) is 0 Å². The van der Waals surface area contributed by atoms with Crippen molar-refractivity contribution in [2.45, 2.75) is 31.6 Å². The maximum atomic E-state index is 5.65. The molecule has 3 atom stereocenters. The molecule has 1 aliphatic rings. The molecule has 0 bridgehead atoms. The van der Waals surface area contributed by atoms with Gasteiger partial charge in [-0.15, -0.1) is 0 Å². The first kappa shape index (κ1) is 14.1. The van der Waals surface area contributed by atoms with E-state index in [-0.39, 0.29) is 12.2 Å². The van der Waals surface area contributed by atoms with Crippen molar-refractivity contribution in [1.82, 2.24) is 9.78 Å². The molecule has 5 heteroatoms. The van der Waals surface area contributed by atoms with Crippen LogP contribution in [0.5, 0.6) is 0 Å². The van der Waals surface area contributed by atoms with Crippen LogP contribution in [-0.4, -0.2) is 41.7 Å². The van der Waals surface area contributed by atoms with Crippen molar-refractivity contribution in [1.29, 1.82) is 0 Å². The lowest BCUT2D eigenvalue weighted by atomic mass is 9.85. The maximum absolute atomic E-state index is 5.65. The second kappa shape index (κ2) is 6.28. The van der Waals surface area contributed by atoms with Crippen LogP contribution < -0.4 is 5.32 Å². The van der Waals surface area contributed by atoms with Gasteiger partial charge in [0.05, 0.1) is 17.8 Å². The van der Waals surface area contributed by atoms with Gasteiger partial charge in [-0.05, 0) is 37.6 Å². The van der Waals surface area contributed by atoms with Crippen molar-refractivity contribution in [3.63, 3.8) is 0 Å². The van der Waals surface area contributed by atoms with Crippen molar-refractivity contribution >= 4 is 5.69 Å². The summed E-state index contributed by atoms with van der Waals surface area (Å²) in [7, 11) is 1.74. The predicted molar refractivity (Wildman–Crippen MR) is 81.8 cm³/mol. The summed E-state index contributed by atoms with van der Waals surface area (Å²) in [5.74, 6) is 0. The SMILES string of the molecule is CCOC1CC(Nc2cccc(-n3cccn3)c2)C1OC. The fourth-order valence-corrected chi connectivity index (χ4v) is 2.79. The summed E-state index contributed by atoms with van der Waals surface area (Å²) < 4.78 is 13.0. The Morgan fingerprint density at radius 2 is 2.29 bits per heavy atom. The minimum absolute atomic E-state index is 0.110. The number of anilines is 1. The number of hydrogen-bond acceptors (Lipinski definition) is 4. The molecule has 0 spiro atoms. The van der Waals surface area contributed by atoms with E-state index in [0.717, 1.165) is 24.4 Å². The Balaban J connectivity index is 1.67. The third-order valence-electron chi connectivity index (χ3n) is 3.87. The fraction of sp³-hybridized carbons (Fsp3) is 0.438. The van der Waals surface area contributed by atoms with Crippen LogP contribution in [0.3, 0.4) is 0 Å². The van der Waals surface area contributed by atoms with Crippen LogP contribution in [0.25, 0.3) is 5.69 Å². The lowest BCUT2D eigenvalue weighted by molar-refractivity contribution is -0.118. The molecule has 2 aromatic rings. The van der Waals surface area contributed by atoms with E-state index in [4.69, 9.17) is 9.47 Å². The molecule has 3 rings (SSSR count). The maximum Gasteiger partial charge on any atom is 0.103 e. The van der Waals surface area contributed by atoms with Crippen molar-refractivity contribution in [2.75, 3.05) is 19.0 Å².